The van der Waals surface area contributed by atoms with Gasteiger partial charge in [0.25, 0.3) is 0 Å². The highest BCUT2D eigenvalue weighted by molar-refractivity contribution is 5.76. The van der Waals surface area contributed by atoms with Crippen LogP contribution in [0.3, 0.4) is 0 Å². The lowest BCUT2D eigenvalue weighted by Crippen LogP contribution is -2.34. The Morgan fingerprint density at radius 3 is 2.35 bits per heavy atom. The van der Waals surface area contributed by atoms with Gasteiger partial charge in [-0.05, 0) is 55.8 Å². The second-order valence-electron chi connectivity index (χ2n) is 9.11. The van der Waals surface area contributed by atoms with E-state index < -0.39 is 5.60 Å². The van der Waals surface area contributed by atoms with Crippen LogP contribution in [0.25, 0.3) is 0 Å². The van der Waals surface area contributed by atoms with Gasteiger partial charge in [-0.15, -0.1) is 0 Å². The second-order valence-corrected chi connectivity index (χ2v) is 9.11. The Bertz CT molecular complexity index is 490. The predicted octanol–water partition coefficient (Wildman–Crippen LogP) is 1.59. The summed E-state index contributed by atoms with van der Waals surface area (Å²) in [6.45, 7) is 7.07. The van der Waals surface area contributed by atoms with Gasteiger partial charge in [-0.2, -0.15) is 0 Å². The van der Waals surface area contributed by atoms with Gasteiger partial charge in [0.15, 0.2) is 0 Å². The van der Waals surface area contributed by atoms with E-state index in [0.717, 1.165) is 32.1 Å². The fourth-order valence-electron chi connectivity index (χ4n) is 3.91. The number of nitrogens with one attached hydrogen (secondary N) is 2. The molecule has 2 aliphatic rings. The van der Waals surface area contributed by atoms with Crippen LogP contribution in [0.2, 0.25) is 0 Å². The van der Waals surface area contributed by atoms with E-state index in [9.17, 15) is 19.8 Å². The van der Waals surface area contributed by atoms with Crippen molar-refractivity contribution in [1.82, 2.24) is 10.6 Å². The Labute approximate surface area is 157 Å². The molecule has 0 bridgehead atoms. The molecule has 4 N–H and O–H groups in total. The first-order valence-electron chi connectivity index (χ1n) is 10.1. The van der Waals surface area contributed by atoms with Crippen molar-refractivity contribution in [3.8, 4) is 0 Å². The summed E-state index contributed by atoms with van der Waals surface area (Å²) in [5, 5.41) is 25.9. The normalized spacial score (nSPS) is 28.0. The van der Waals surface area contributed by atoms with Crippen LogP contribution >= 0.6 is 0 Å². The van der Waals surface area contributed by atoms with Gasteiger partial charge in [-0.25, -0.2) is 0 Å². The Kier molecular flexibility index (Phi) is 7.47. The van der Waals surface area contributed by atoms with Gasteiger partial charge in [0.05, 0.1) is 11.7 Å². The molecule has 150 valence electrons. The SMILES string of the molecule is CC(C)CC(=O)NCC1CC(O)C(C[C@H](C)CC(=O)NCC2(O)CC2)C1. The number of carbonyl (C=O) groups is 2. The molecule has 6 heteroatoms. The molecule has 2 saturated carbocycles. The third-order valence-corrected chi connectivity index (χ3v) is 5.62. The lowest BCUT2D eigenvalue weighted by atomic mass is 9.90. The van der Waals surface area contributed by atoms with Crippen molar-refractivity contribution in [2.75, 3.05) is 13.1 Å². The average molecular weight is 369 g/mol. The highest BCUT2D eigenvalue weighted by Crippen LogP contribution is 2.36. The minimum Gasteiger partial charge on any atom is -0.393 e. The molecule has 2 aliphatic carbocycles. The summed E-state index contributed by atoms with van der Waals surface area (Å²) < 4.78 is 0. The molecule has 0 heterocycles. The maximum absolute atomic E-state index is 12.0. The molecule has 2 rings (SSSR count). The van der Waals surface area contributed by atoms with Gasteiger partial charge in [0.2, 0.25) is 11.8 Å². The van der Waals surface area contributed by atoms with Crippen LogP contribution in [0.1, 0.15) is 65.7 Å². The van der Waals surface area contributed by atoms with E-state index in [2.05, 4.69) is 10.6 Å². The van der Waals surface area contributed by atoms with Gasteiger partial charge < -0.3 is 20.8 Å². The van der Waals surface area contributed by atoms with E-state index in [1.807, 2.05) is 20.8 Å². The molecule has 26 heavy (non-hydrogen) atoms. The summed E-state index contributed by atoms with van der Waals surface area (Å²) in [5.41, 5.74) is -0.659. The van der Waals surface area contributed by atoms with Crippen molar-refractivity contribution in [2.24, 2.45) is 23.7 Å². The summed E-state index contributed by atoms with van der Waals surface area (Å²) in [7, 11) is 0. The van der Waals surface area contributed by atoms with Gasteiger partial charge in [-0.1, -0.05) is 20.8 Å². The van der Waals surface area contributed by atoms with Crippen LogP contribution in [0, 0.1) is 23.7 Å². The van der Waals surface area contributed by atoms with E-state index in [0.29, 0.717) is 37.8 Å². The number of aliphatic hydroxyl groups excluding tert-OH is 1. The molecule has 4 atom stereocenters. The van der Waals surface area contributed by atoms with Gasteiger partial charge in [-0.3, -0.25) is 9.59 Å². The number of aliphatic hydroxyl groups is 2. The van der Waals surface area contributed by atoms with E-state index in [1.165, 1.54) is 0 Å². The zero-order valence-corrected chi connectivity index (χ0v) is 16.5. The van der Waals surface area contributed by atoms with E-state index in [4.69, 9.17) is 0 Å². The van der Waals surface area contributed by atoms with Crippen molar-refractivity contribution in [3.05, 3.63) is 0 Å². The zero-order valence-electron chi connectivity index (χ0n) is 16.5. The monoisotopic (exact) mass is 368 g/mol. The first-order chi connectivity index (χ1) is 12.2. The smallest absolute Gasteiger partial charge is 0.220 e. The molecule has 0 aromatic rings. The number of hydrogen-bond acceptors (Lipinski definition) is 4. The summed E-state index contributed by atoms with van der Waals surface area (Å²) in [6, 6.07) is 0. The van der Waals surface area contributed by atoms with Crippen LogP contribution in [0.15, 0.2) is 0 Å². The standard InChI is InChI=1S/C20H36N2O4/c1-13(2)6-18(24)21-11-15-9-16(17(23)10-15)7-14(3)8-19(25)22-12-20(26)4-5-20/h13-17,23,26H,4-12H2,1-3H3,(H,21,24)(H,22,25)/t14-,15?,16?,17?/m0/s1. The molecule has 2 amide bonds. The number of amides is 2. The maximum atomic E-state index is 12.0. The number of carbonyl (C=O) groups excluding carboxylic acids is 2. The van der Waals surface area contributed by atoms with E-state index in [1.54, 1.807) is 0 Å². The Morgan fingerprint density at radius 2 is 1.73 bits per heavy atom. The largest absolute Gasteiger partial charge is 0.393 e. The highest BCUT2D eigenvalue weighted by atomic mass is 16.3. The number of rotatable bonds is 10. The molecule has 0 spiro atoms. The Hall–Kier alpha value is -1.14. The molecule has 3 unspecified atom stereocenters. The van der Waals surface area contributed by atoms with Crippen molar-refractivity contribution < 1.29 is 19.8 Å². The van der Waals surface area contributed by atoms with Crippen molar-refractivity contribution in [1.29, 1.82) is 0 Å². The molecule has 6 nitrogen and oxygen atoms in total. The van der Waals surface area contributed by atoms with Gasteiger partial charge in [0.1, 0.15) is 0 Å². The fourth-order valence-corrected chi connectivity index (χ4v) is 3.91. The molecule has 0 aromatic carbocycles. The third-order valence-electron chi connectivity index (χ3n) is 5.62. The minimum atomic E-state index is -0.659. The summed E-state index contributed by atoms with van der Waals surface area (Å²) >= 11 is 0. The van der Waals surface area contributed by atoms with Crippen molar-refractivity contribution in [3.63, 3.8) is 0 Å². The van der Waals surface area contributed by atoms with Gasteiger partial charge in [0, 0.05) is 25.9 Å². The first kappa shape index (κ1) is 21.2. The molecular weight excluding hydrogens is 332 g/mol. The van der Waals surface area contributed by atoms with E-state index >= 15 is 0 Å². The predicted molar refractivity (Wildman–Crippen MR) is 100 cm³/mol. The van der Waals surface area contributed by atoms with Crippen molar-refractivity contribution >= 4 is 11.8 Å². The van der Waals surface area contributed by atoms with Crippen LogP contribution in [0.4, 0.5) is 0 Å². The lowest BCUT2D eigenvalue weighted by molar-refractivity contribution is -0.123. The van der Waals surface area contributed by atoms with Crippen LogP contribution in [-0.2, 0) is 9.59 Å². The van der Waals surface area contributed by atoms with Crippen LogP contribution in [-0.4, -0.2) is 46.8 Å². The Morgan fingerprint density at radius 1 is 1.08 bits per heavy atom. The molecule has 0 radical (unpaired) electrons. The third kappa shape index (κ3) is 7.23. The topological polar surface area (TPSA) is 98.7 Å². The quantitative estimate of drug-likeness (QED) is 0.471. The van der Waals surface area contributed by atoms with Gasteiger partial charge >= 0.3 is 0 Å². The molecule has 0 aliphatic heterocycles. The average Bonchev–Trinajstić information content (AvgIpc) is 3.17. The van der Waals surface area contributed by atoms with Crippen LogP contribution < -0.4 is 10.6 Å². The second kappa shape index (κ2) is 9.18. The summed E-state index contributed by atoms with van der Waals surface area (Å²) in [6.07, 6.45) is 4.59. The van der Waals surface area contributed by atoms with Crippen molar-refractivity contribution in [2.45, 2.75) is 77.4 Å². The molecule has 2 fully saturated rings. The molecule has 0 aromatic heterocycles. The molecular formula is C20H36N2O4. The molecule has 0 saturated heterocycles. The lowest BCUT2D eigenvalue weighted by Gasteiger charge is -2.19. The maximum Gasteiger partial charge on any atom is 0.220 e. The number of hydrogen-bond donors (Lipinski definition) is 4. The fraction of sp³-hybridized carbons (Fsp3) is 0.900. The Balaban J connectivity index is 1.65. The van der Waals surface area contributed by atoms with Crippen LogP contribution in [0.5, 0.6) is 0 Å². The van der Waals surface area contributed by atoms with E-state index in [-0.39, 0.29) is 29.8 Å². The highest BCUT2D eigenvalue weighted by Gasteiger charge is 2.40. The first-order valence-corrected chi connectivity index (χ1v) is 10.1. The summed E-state index contributed by atoms with van der Waals surface area (Å²) in [4.78, 5) is 23.8. The zero-order chi connectivity index (χ0) is 19.3. The minimum absolute atomic E-state index is 0.0252. The summed E-state index contributed by atoms with van der Waals surface area (Å²) in [5.74, 6) is 1.11.